The van der Waals surface area contributed by atoms with E-state index in [4.69, 9.17) is 4.74 Å². The lowest BCUT2D eigenvalue weighted by atomic mass is 10.1. The van der Waals surface area contributed by atoms with Gasteiger partial charge in [0.05, 0.1) is 18.7 Å². The highest BCUT2D eigenvalue weighted by molar-refractivity contribution is 7.98. The maximum atomic E-state index is 9.37. The van der Waals surface area contributed by atoms with Crippen LogP contribution in [0.3, 0.4) is 0 Å². The number of benzene rings is 3. The van der Waals surface area contributed by atoms with E-state index in [2.05, 4.69) is 47.5 Å². The summed E-state index contributed by atoms with van der Waals surface area (Å²) in [4.78, 5) is 0. The van der Waals surface area contributed by atoms with Crippen molar-refractivity contribution in [3.63, 3.8) is 0 Å². The monoisotopic (exact) mass is 412 g/mol. The van der Waals surface area contributed by atoms with Gasteiger partial charge in [0.25, 0.3) is 0 Å². The minimum absolute atomic E-state index is 0.631. The van der Waals surface area contributed by atoms with Crippen molar-refractivity contribution in [2.45, 2.75) is 17.8 Å². The summed E-state index contributed by atoms with van der Waals surface area (Å²) in [6, 6.07) is 26.0. The van der Waals surface area contributed by atoms with Crippen molar-refractivity contribution < 1.29 is 4.74 Å². The Morgan fingerprint density at radius 2 is 1.80 bits per heavy atom. The molecule has 0 radical (unpaired) electrons. The zero-order valence-electron chi connectivity index (χ0n) is 16.7. The average molecular weight is 413 g/mol. The summed E-state index contributed by atoms with van der Waals surface area (Å²) in [6.07, 6.45) is 0. The van der Waals surface area contributed by atoms with E-state index in [1.807, 2.05) is 53.1 Å². The zero-order valence-corrected chi connectivity index (χ0v) is 17.6. The molecule has 0 spiro atoms. The third kappa shape index (κ3) is 4.07. The molecule has 1 aromatic heterocycles. The van der Waals surface area contributed by atoms with Gasteiger partial charge >= 0.3 is 0 Å². The Balaban J connectivity index is 1.76. The number of hydrogen-bond donors (Lipinski definition) is 0. The molecule has 4 rings (SSSR count). The molecule has 4 aromatic rings. The van der Waals surface area contributed by atoms with E-state index in [0.717, 1.165) is 33.5 Å². The topological polar surface area (TPSA) is 63.7 Å². The first-order chi connectivity index (χ1) is 14.7. The number of hydrogen-bond acceptors (Lipinski definition) is 5. The second-order valence-corrected chi connectivity index (χ2v) is 7.71. The molecule has 0 N–H and O–H groups in total. The van der Waals surface area contributed by atoms with Gasteiger partial charge < -0.3 is 4.74 Å². The summed E-state index contributed by atoms with van der Waals surface area (Å²) >= 11 is 1.56. The molecule has 0 saturated carbocycles. The first-order valence-corrected chi connectivity index (χ1v) is 10.5. The Morgan fingerprint density at radius 1 is 1.00 bits per heavy atom. The second kappa shape index (κ2) is 8.85. The number of nitrogens with zero attached hydrogens (tertiary/aromatic N) is 4. The van der Waals surface area contributed by atoms with Crippen molar-refractivity contribution in [3.05, 3.63) is 89.5 Å². The average Bonchev–Trinajstić information content (AvgIpc) is 3.22. The fourth-order valence-corrected chi connectivity index (χ4v) is 4.09. The molecule has 5 nitrogen and oxygen atoms in total. The van der Waals surface area contributed by atoms with E-state index in [-0.39, 0.29) is 0 Å². The Hall–Kier alpha value is -3.56. The lowest BCUT2D eigenvalue weighted by Gasteiger charge is -2.11. The molecule has 0 aliphatic rings. The standard InChI is InChI=1S/C24H20N4OS/c1-17-10-12-21(13-11-17)28-23(18-8-5-9-22(14-18)29-2)26-27-24(28)30-16-20-7-4-3-6-19(20)15-25/h3-14H,16H2,1-2H3. The van der Waals surface area contributed by atoms with Crippen molar-refractivity contribution in [2.75, 3.05) is 7.11 Å². The molecule has 3 aromatic carbocycles. The van der Waals surface area contributed by atoms with Crippen LogP contribution in [0.4, 0.5) is 0 Å². The van der Waals surface area contributed by atoms with Gasteiger partial charge in [0.2, 0.25) is 0 Å². The smallest absolute Gasteiger partial charge is 0.196 e. The predicted molar refractivity (Wildman–Crippen MR) is 119 cm³/mol. The first kappa shape index (κ1) is 19.7. The van der Waals surface area contributed by atoms with Crippen LogP contribution in [-0.4, -0.2) is 21.9 Å². The Kier molecular flexibility index (Phi) is 5.82. The van der Waals surface area contributed by atoms with E-state index >= 15 is 0 Å². The van der Waals surface area contributed by atoms with E-state index in [0.29, 0.717) is 11.3 Å². The van der Waals surface area contributed by atoms with Crippen LogP contribution in [0.1, 0.15) is 16.7 Å². The normalized spacial score (nSPS) is 10.6. The van der Waals surface area contributed by atoms with Crippen LogP contribution in [0.2, 0.25) is 0 Å². The molecular weight excluding hydrogens is 392 g/mol. The van der Waals surface area contributed by atoms with Crippen LogP contribution < -0.4 is 4.74 Å². The van der Waals surface area contributed by atoms with E-state index in [9.17, 15) is 5.26 Å². The summed E-state index contributed by atoms with van der Waals surface area (Å²) in [6.45, 7) is 2.06. The molecular formula is C24H20N4OS. The van der Waals surface area contributed by atoms with Crippen LogP contribution >= 0.6 is 11.8 Å². The molecule has 0 bridgehead atoms. The molecule has 0 amide bonds. The molecule has 0 fully saturated rings. The van der Waals surface area contributed by atoms with Crippen LogP contribution in [0.25, 0.3) is 17.1 Å². The second-order valence-electron chi connectivity index (χ2n) is 6.77. The molecule has 0 atom stereocenters. The van der Waals surface area contributed by atoms with Crippen molar-refractivity contribution in [2.24, 2.45) is 0 Å². The largest absolute Gasteiger partial charge is 0.497 e. The van der Waals surface area contributed by atoms with Gasteiger partial charge in [0, 0.05) is 17.0 Å². The minimum Gasteiger partial charge on any atom is -0.497 e. The molecule has 6 heteroatoms. The number of methoxy groups -OCH3 is 1. The van der Waals surface area contributed by atoms with Gasteiger partial charge in [-0.2, -0.15) is 5.26 Å². The fourth-order valence-electron chi connectivity index (χ4n) is 3.14. The molecule has 30 heavy (non-hydrogen) atoms. The Bertz CT molecular complexity index is 1210. The van der Waals surface area contributed by atoms with Crippen LogP contribution in [-0.2, 0) is 5.75 Å². The zero-order chi connectivity index (χ0) is 20.9. The van der Waals surface area contributed by atoms with Crippen molar-refractivity contribution in [1.29, 1.82) is 5.26 Å². The van der Waals surface area contributed by atoms with Gasteiger partial charge in [0.15, 0.2) is 11.0 Å². The van der Waals surface area contributed by atoms with Gasteiger partial charge in [0.1, 0.15) is 5.75 Å². The molecule has 1 heterocycles. The van der Waals surface area contributed by atoms with Gasteiger partial charge in [-0.25, -0.2) is 0 Å². The van der Waals surface area contributed by atoms with Crippen molar-refractivity contribution >= 4 is 11.8 Å². The molecule has 148 valence electrons. The molecule has 0 saturated heterocycles. The number of aromatic nitrogens is 3. The van der Waals surface area contributed by atoms with E-state index in [1.165, 1.54) is 5.56 Å². The maximum absolute atomic E-state index is 9.37. The Labute approximate surface area is 180 Å². The third-order valence-electron chi connectivity index (χ3n) is 4.75. The lowest BCUT2D eigenvalue weighted by molar-refractivity contribution is 0.415. The summed E-state index contributed by atoms with van der Waals surface area (Å²) in [5.74, 6) is 2.14. The third-order valence-corrected chi connectivity index (χ3v) is 5.73. The highest BCUT2D eigenvalue weighted by Gasteiger charge is 2.17. The summed E-state index contributed by atoms with van der Waals surface area (Å²) in [7, 11) is 1.65. The Morgan fingerprint density at radius 3 is 2.57 bits per heavy atom. The number of rotatable bonds is 6. The number of thioether (sulfide) groups is 1. The lowest BCUT2D eigenvalue weighted by Crippen LogP contribution is -2.00. The predicted octanol–water partition coefficient (Wildman–Crippen LogP) is 5.42. The maximum Gasteiger partial charge on any atom is 0.196 e. The van der Waals surface area contributed by atoms with Gasteiger partial charge in [-0.1, -0.05) is 59.8 Å². The van der Waals surface area contributed by atoms with Crippen LogP contribution in [0, 0.1) is 18.3 Å². The fraction of sp³-hybridized carbons (Fsp3) is 0.125. The van der Waals surface area contributed by atoms with Crippen LogP contribution in [0.15, 0.2) is 78.0 Å². The SMILES string of the molecule is COc1cccc(-c2nnc(SCc3ccccc3C#N)n2-c2ccc(C)cc2)c1. The van der Waals surface area contributed by atoms with Gasteiger partial charge in [-0.15, -0.1) is 10.2 Å². The van der Waals surface area contributed by atoms with Gasteiger partial charge in [-0.3, -0.25) is 4.57 Å². The number of ether oxygens (including phenoxy) is 1. The van der Waals surface area contributed by atoms with Crippen LogP contribution in [0.5, 0.6) is 5.75 Å². The molecule has 0 aliphatic heterocycles. The first-order valence-electron chi connectivity index (χ1n) is 9.47. The summed E-state index contributed by atoms with van der Waals surface area (Å²) in [5, 5.41) is 19.1. The highest BCUT2D eigenvalue weighted by atomic mass is 32.2. The summed E-state index contributed by atoms with van der Waals surface area (Å²) in [5.41, 5.74) is 4.75. The molecule has 0 unspecified atom stereocenters. The van der Waals surface area contributed by atoms with E-state index in [1.54, 1.807) is 18.9 Å². The highest BCUT2D eigenvalue weighted by Crippen LogP contribution is 2.31. The van der Waals surface area contributed by atoms with Crippen molar-refractivity contribution in [1.82, 2.24) is 14.8 Å². The van der Waals surface area contributed by atoms with E-state index < -0.39 is 0 Å². The quantitative estimate of drug-likeness (QED) is 0.396. The number of nitriles is 1. The van der Waals surface area contributed by atoms with Gasteiger partial charge in [-0.05, 0) is 42.8 Å². The van der Waals surface area contributed by atoms with Crippen molar-refractivity contribution in [3.8, 4) is 28.9 Å². The summed E-state index contributed by atoms with van der Waals surface area (Å²) < 4.78 is 7.43. The minimum atomic E-state index is 0.631. The number of aryl methyl sites for hydroxylation is 1. The molecule has 0 aliphatic carbocycles.